The Bertz CT molecular complexity index is 942. The Kier molecular flexibility index (Phi) is 8.09. The van der Waals surface area contributed by atoms with E-state index in [0.29, 0.717) is 35.1 Å². The molecule has 1 aliphatic carbocycles. The predicted molar refractivity (Wildman–Crippen MR) is 122 cm³/mol. The van der Waals surface area contributed by atoms with E-state index in [1.165, 1.54) is 4.90 Å². The standard InChI is InChI=1S/C23H31ClN4O3/c1-27(14-17(29)15-28(2)22(31)13-16-7-4-3-5-8-16)21(30)12-11-20-25-19-10-6-9-18(24)23(19)26-20/h4,6-7,9-10,16-17,29H,3,5,8,11-15H2,1-2H3,(H,25,26). The average molecular weight is 447 g/mol. The number of aliphatic hydroxyl groups is 1. The molecule has 7 nitrogen and oxygen atoms in total. The van der Waals surface area contributed by atoms with E-state index in [-0.39, 0.29) is 31.3 Å². The molecule has 2 N–H and O–H groups in total. The van der Waals surface area contributed by atoms with Crippen LogP contribution in [0, 0.1) is 5.92 Å². The summed E-state index contributed by atoms with van der Waals surface area (Å²) in [5, 5.41) is 10.9. The van der Waals surface area contributed by atoms with Crippen LogP contribution in [0.3, 0.4) is 0 Å². The molecular weight excluding hydrogens is 416 g/mol. The van der Waals surface area contributed by atoms with Gasteiger partial charge in [0, 0.05) is 46.4 Å². The molecule has 0 spiro atoms. The number of carbonyl (C=O) groups excluding carboxylic acids is 2. The molecule has 2 atom stereocenters. The molecule has 31 heavy (non-hydrogen) atoms. The lowest BCUT2D eigenvalue weighted by molar-refractivity contribution is -0.133. The summed E-state index contributed by atoms with van der Waals surface area (Å²) in [7, 11) is 3.36. The highest BCUT2D eigenvalue weighted by molar-refractivity contribution is 6.34. The summed E-state index contributed by atoms with van der Waals surface area (Å²) in [5.41, 5.74) is 1.54. The molecule has 1 heterocycles. The normalized spacial score (nSPS) is 17.0. The zero-order chi connectivity index (χ0) is 22.4. The van der Waals surface area contributed by atoms with E-state index in [9.17, 15) is 14.7 Å². The Hall–Kier alpha value is -2.38. The number of rotatable bonds is 9. The van der Waals surface area contributed by atoms with Gasteiger partial charge in [-0.2, -0.15) is 0 Å². The summed E-state index contributed by atoms with van der Waals surface area (Å²) >= 11 is 6.14. The van der Waals surface area contributed by atoms with Crippen molar-refractivity contribution in [2.45, 2.75) is 44.6 Å². The van der Waals surface area contributed by atoms with E-state index in [1.807, 2.05) is 12.1 Å². The topological polar surface area (TPSA) is 89.5 Å². The van der Waals surface area contributed by atoms with Gasteiger partial charge in [-0.05, 0) is 37.3 Å². The zero-order valence-electron chi connectivity index (χ0n) is 18.2. The molecule has 168 valence electrons. The predicted octanol–water partition coefficient (Wildman–Crippen LogP) is 3.17. The molecule has 1 aromatic heterocycles. The Morgan fingerprint density at radius 2 is 2.00 bits per heavy atom. The van der Waals surface area contributed by atoms with Crippen molar-refractivity contribution in [3.8, 4) is 0 Å². The van der Waals surface area contributed by atoms with E-state index in [0.717, 1.165) is 24.8 Å². The molecule has 0 saturated carbocycles. The van der Waals surface area contributed by atoms with Crippen molar-refractivity contribution < 1.29 is 14.7 Å². The van der Waals surface area contributed by atoms with Crippen molar-refractivity contribution in [3.05, 3.63) is 41.2 Å². The third-order valence-corrected chi connectivity index (χ3v) is 6.00. The number of aliphatic hydroxyl groups excluding tert-OH is 1. The number of hydrogen-bond acceptors (Lipinski definition) is 4. The number of imidazole rings is 1. The fourth-order valence-electron chi connectivity index (χ4n) is 3.91. The van der Waals surface area contributed by atoms with E-state index in [1.54, 1.807) is 25.1 Å². The summed E-state index contributed by atoms with van der Waals surface area (Å²) < 4.78 is 0. The molecule has 0 fully saturated rings. The molecule has 8 heteroatoms. The first-order valence-electron chi connectivity index (χ1n) is 10.8. The smallest absolute Gasteiger partial charge is 0.222 e. The summed E-state index contributed by atoms with van der Waals surface area (Å²) in [6.45, 7) is 0.376. The van der Waals surface area contributed by atoms with Crippen molar-refractivity contribution in [1.82, 2.24) is 19.8 Å². The van der Waals surface area contributed by atoms with Crippen LogP contribution in [0.1, 0.15) is 37.9 Å². The summed E-state index contributed by atoms with van der Waals surface area (Å²) in [5.74, 6) is 0.922. The minimum atomic E-state index is -0.796. The molecular formula is C23H31ClN4O3. The van der Waals surface area contributed by atoms with Crippen molar-refractivity contribution in [2.24, 2.45) is 5.92 Å². The van der Waals surface area contributed by atoms with E-state index >= 15 is 0 Å². The molecule has 3 rings (SSSR count). The third kappa shape index (κ3) is 6.55. The first kappa shape index (κ1) is 23.3. The van der Waals surface area contributed by atoms with Gasteiger partial charge in [-0.3, -0.25) is 9.59 Å². The number of aryl methyl sites for hydroxylation is 1. The van der Waals surface area contributed by atoms with E-state index in [4.69, 9.17) is 11.6 Å². The number of hydrogen-bond donors (Lipinski definition) is 2. The Morgan fingerprint density at radius 1 is 1.26 bits per heavy atom. The van der Waals surface area contributed by atoms with Gasteiger partial charge in [-0.15, -0.1) is 0 Å². The molecule has 0 radical (unpaired) electrons. The Balaban J connectivity index is 1.42. The molecule has 1 aliphatic rings. The highest BCUT2D eigenvalue weighted by Gasteiger charge is 2.20. The van der Waals surface area contributed by atoms with Gasteiger partial charge in [-0.25, -0.2) is 4.98 Å². The number of fused-ring (bicyclic) bond motifs is 1. The number of allylic oxidation sites excluding steroid dienone is 2. The number of likely N-dealkylation sites (N-methyl/N-ethyl adjacent to an activating group) is 2. The number of aromatic amines is 1. The third-order valence-electron chi connectivity index (χ3n) is 5.70. The van der Waals surface area contributed by atoms with Crippen LogP contribution in [-0.2, 0) is 16.0 Å². The van der Waals surface area contributed by atoms with Crippen LogP contribution in [0.25, 0.3) is 11.0 Å². The van der Waals surface area contributed by atoms with Crippen LogP contribution in [0.4, 0.5) is 0 Å². The maximum atomic E-state index is 12.5. The second-order valence-electron chi connectivity index (χ2n) is 8.35. The maximum Gasteiger partial charge on any atom is 0.222 e. The second-order valence-corrected chi connectivity index (χ2v) is 8.75. The number of benzene rings is 1. The Labute approximate surface area is 188 Å². The summed E-state index contributed by atoms with van der Waals surface area (Å²) in [6, 6.07) is 5.52. The van der Waals surface area contributed by atoms with Gasteiger partial charge >= 0.3 is 0 Å². The number of nitrogens with zero attached hydrogens (tertiary/aromatic N) is 3. The Morgan fingerprint density at radius 3 is 2.68 bits per heavy atom. The number of nitrogens with one attached hydrogen (secondary N) is 1. The lowest BCUT2D eigenvalue weighted by Gasteiger charge is -2.26. The number of aromatic nitrogens is 2. The van der Waals surface area contributed by atoms with Gasteiger partial charge < -0.3 is 19.9 Å². The van der Waals surface area contributed by atoms with Crippen molar-refractivity contribution >= 4 is 34.4 Å². The highest BCUT2D eigenvalue weighted by atomic mass is 35.5. The van der Waals surface area contributed by atoms with E-state index < -0.39 is 6.10 Å². The monoisotopic (exact) mass is 446 g/mol. The van der Waals surface area contributed by atoms with Gasteiger partial charge in [0.05, 0.1) is 16.6 Å². The van der Waals surface area contributed by atoms with Gasteiger partial charge in [0.2, 0.25) is 11.8 Å². The van der Waals surface area contributed by atoms with Crippen LogP contribution in [0.2, 0.25) is 5.02 Å². The largest absolute Gasteiger partial charge is 0.389 e. The van der Waals surface area contributed by atoms with Gasteiger partial charge in [0.25, 0.3) is 0 Å². The first-order valence-corrected chi connectivity index (χ1v) is 11.2. The fourth-order valence-corrected chi connectivity index (χ4v) is 4.13. The lowest BCUT2D eigenvalue weighted by Crippen LogP contribution is -2.42. The zero-order valence-corrected chi connectivity index (χ0v) is 18.9. The molecule has 0 bridgehead atoms. The maximum absolute atomic E-state index is 12.5. The summed E-state index contributed by atoms with van der Waals surface area (Å²) in [6.07, 6.45) is 7.89. The van der Waals surface area contributed by atoms with Crippen LogP contribution >= 0.6 is 11.6 Å². The molecule has 0 saturated heterocycles. The number of halogens is 1. The van der Waals surface area contributed by atoms with Crippen molar-refractivity contribution in [2.75, 3.05) is 27.2 Å². The number of carbonyl (C=O) groups is 2. The minimum absolute atomic E-state index is 0.0214. The number of H-pyrrole nitrogens is 1. The first-order chi connectivity index (χ1) is 14.8. The fraction of sp³-hybridized carbons (Fsp3) is 0.522. The van der Waals surface area contributed by atoms with E-state index in [2.05, 4.69) is 22.1 Å². The van der Waals surface area contributed by atoms with Gasteiger partial charge in [0.1, 0.15) is 11.3 Å². The lowest BCUT2D eigenvalue weighted by atomic mass is 9.92. The molecule has 2 amide bonds. The molecule has 2 aromatic rings. The second kappa shape index (κ2) is 10.8. The van der Waals surface area contributed by atoms with Crippen LogP contribution < -0.4 is 0 Å². The highest BCUT2D eigenvalue weighted by Crippen LogP contribution is 2.22. The number of amides is 2. The minimum Gasteiger partial charge on any atom is -0.389 e. The van der Waals surface area contributed by atoms with Crippen molar-refractivity contribution in [1.29, 1.82) is 0 Å². The molecule has 0 aliphatic heterocycles. The molecule has 2 unspecified atom stereocenters. The van der Waals surface area contributed by atoms with Gasteiger partial charge in [0.15, 0.2) is 0 Å². The average Bonchev–Trinajstić information content (AvgIpc) is 3.17. The summed E-state index contributed by atoms with van der Waals surface area (Å²) in [4.78, 5) is 35.6. The quantitative estimate of drug-likeness (QED) is 0.579. The van der Waals surface area contributed by atoms with Crippen LogP contribution in [0.5, 0.6) is 0 Å². The molecule has 1 aromatic carbocycles. The SMILES string of the molecule is CN(CC(O)CN(C)C(=O)CC1C=CCCC1)C(=O)CCc1nc2c(Cl)cccc2[nH]1. The van der Waals surface area contributed by atoms with Crippen LogP contribution in [0.15, 0.2) is 30.4 Å². The van der Waals surface area contributed by atoms with Gasteiger partial charge in [-0.1, -0.05) is 29.8 Å². The van der Waals surface area contributed by atoms with Crippen molar-refractivity contribution in [3.63, 3.8) is 0 Å². The van der Waals surface area contributed by atoms with Crippen LogP contribution in [-0.4, -0.2) is 70.0 Å². The number of para-hydroxylation sites is 1.